The summed E-state index contributed by atoms with van der Waals surface area (Å²) in [5.41, 5.74) is 1.28. The van der Waals surface area contributed by atoms with Crippen LogP contribution in [-0.2, 0) is 4.79 Å². The first kappa shape index (κ1) is 15.4. The van der Waals surface area contributed by atoms with E-state index in [-0.39, 0.29) is 11.9 Å². The molecule has 2 aromatic rings. The van der Waals surface area contributed by atoms with Crippen LogP contribution in [0.25, 0.3) is 6.08 Å². The Bertz CT molecular complexity index is 709. The maximum Gasteiger partial charge on any atom is 0.244 e. The fourth-order valence-electron chi connectivity index (χ4n) is 3.14. The highest BCUT2D eigenvalue weighted by molar-refractivity contribution is 7.10. The molecule has 1 amide bonds. The van der Waals surface area contributed by atoms with Crippen LogP contribution in [0.5, 0.6) is 0 Å². The SMILES string of the molecule is O=C(/C=C/c1cccs1)NC1CCN(c2cc(C3CC3)[nH]n2)CC1. The van der Waals surface area contributed by atoms with E-state index >= 15 is 0 Å². The summed E-state index contributed by atoms with van der Waals surface area (Å²) in [6.07, 6.45) is 8.00. The van der Waals surface area contributed by atoms with Gasteiger partial charge in [-0.3, -0.25) is 9.89 Å². The number of carbonyl (C=O) groups excluding carboxylic acids is 1. The molecule has 0 unspecified atom stereocenters. The van der Waals surface area contributed by atoms with Gasteiger partial charge in [0.2, 0.25) is 5.91 Å². The van der Waals surface area contributed by atoms with Crippen molar-refractivity contribution in [1.29, 1.82) is 0 Å². The quantitative estimate of drug-likeness (QED) is 0.821. The van der Waals surface area contributed by atoms with E-state index in [1.165, 1.54) is 18.5 Å². The fourth-order valence-corrected chi connectivity index (χ4v) is 3.76. The number of hydrogen-bond acceptors (Lipinski definition) is 4. The summed E-state index contributed by atoms with van der Waals surface area (Å²) in [5, 5.41) is 12.7. The van der Waals surface area contributed by atoms with Crippen LogP contribution in [0.4, 0.5) is 5.82 Å². The van der Waals surface area contributed by atoms with Crippen LogP contribution in [0.3, 0.4) is 0 Å². The molecule has 3 heterocycles. The standard InChI is InChI=1S/C18H22N4OS/c23-18(6-5-15-2-1-11-24-15)19-14-7-9-22(10-8-14)17-12-16(20-21-17)13-3-4-13/h1-2,5-6,11-14H,3-4,7-10H2,(H,19,23)(H,20,21)/b6-5+. The summed E-state index contributed by atoms with van der Waals surface area (Å²) in [6.45, 7) is 1.88. The van der Waals surface area contributed by atoms with Crippen LogP contribution < -0.4 is 10.2 Å². The number of rotatable bonds is 5. The Hall–Kier alpha value is -2.08. The molecule has 1 saturated carbocycles. The first-order chi connectivity index (χ1) is 11.8. The van der Waals surface area contributed by atoms with E-state index in [2.05, 4.69) is 26.5 Å². The van der Waals surface area contributed by atoms with Gasteiger partial charge in [0, 0.05) is 47.8 Å². The Morgan fingerprint density at radius 1 is 1.33 bits per heavy atom. The van der Waals surface area contributed by atoms with Crippen molar-refractivity contribution in [3.05, 3.63) is 40.2 Å². The summed E-state index contributed by atoms with van der Waals surface area (Å²) >= 11 is 1.63. The number of H-pyrrole nitrogens is 1. The highest BCUT2D eigenvalue weighted by atomic mass is 32.1. The maximum absolute atomic E-state index is 12.0. The molecular formula is C18H22N4OS. The second kappa shape index (κ2) is 6.81. The molecule has 0 aromatic carbocycles. The minimum Gasteiger partial charge on any atom is -0.355 e. The molecule has 6 heteroatoms. The van der Waals surface area contributed by atoms with Crippen LogP contribution in [0, 0.1) is 0 Å². The van der Waals surface area contributed by atoms with Gasteiger partial charge in [0.05, 0.1) is 0 Å². The number of aromatic nitrogens is 2. The first-order valence-electron chi connectivity index (χ1n) is 8.60. The van der Waals surface area contributed by atoms with Gasteiger partial charge in [-0.15, -0.1) is 11.3 Å². The number of amides is 1. The van der Waals surface area contributed by atoms with E-state index in [1.54, 1.807) is 17.4 Å². The van der Waals surface area contributed by atoms with Crippen LogP contribution in [0.15, 0.2) is 29.7 Å². The number of piperidine rings is 1. The van der Waals surface area contributed by atoms with Crippen molar-refractivity contribution in [2.75, 3.05) is 18.0 Å². The lowest BCUT2D eigenvalue weighted by molar-refractivity contribution is -0.117. The van der Waals surface area contributed by atoms with Gasteiger partial charge in [-0.25, -0.2) is 0 Å². The molecule has 1 aliphatic carbocycles. The zero-order valence-electron chi connectivity index (χ0n) is 13.6. The van der Waals surface area contributed by atoms with Crippen molar-refractivity contribution in [2.45, 2.75) is 37.6 Å². The Kier molecular flexibility index (Phi) is 4.38. The van der Waals surface area contributed by atoms with Crippen molar-refractivity contribution >= 4 is 29.1 Å². The fraction of sp³-hybridized carbons (Fsp3) is 0.444. The third-order valence-corrected chi connectivity index (χ3v) is 5.55. The Morgan fingerprint density at radius 3 is 2.88 bits per heavy atom. The van der Waals surface area contributed by atoms with Crippen LogP contribution in [0.2, 0.25) is 0 Å². The van der Waals surface area contributed by atoms with E-state index in [1.807, 2.05) is 23.6 Å². The Balaban J connectivity index is 1.25. The molecule has 5 nitrogen and oxygen atoms in total. The molecule has 126 valence electrons. The van der Waals surface area contributed by atoms with Gasteiger partial charge in [0.15, 0.2) is 5.82 Å². The van der Waals surface area contributed by atoms with E-state index in [0.29, 0.717) is 5.92 Å². The summed E-state index contributed by atoms with van der Waals surface area (Å²) < 4.78 is 0. The van der Waals surface area contributed by atoms with Crippen molar-refractivity contribution in [3.8, 4) is 0 Å². The Morgan fingerprint density at radius 2 is 2.17 bits per heavy atom. The molecule has 24 heavy (non-hydrogen) atoms. The van der Waals surface area contributed by atoms with E-state index in [4.69, 9.17) is 0 Å². The van der Waals surface area contributed by atoms with E-state index in [0.717, 1.165) is 36.6 Å². The van der Waals surface area contributed by atoms with Crippen molar-refractivity contribution in [3.63, 3.8) is 0 Å². The van der Waals surface area contributed by atoms with Gasteiger partial charge in [-0.1, -0.05) is 6.07 Å². The molecule has 2 N–H and O–H groups in total. The number of aromatic amines is 1. The molecule has 4 rings (SSSR count). The zero-order chi connectivity index (χ0) is 16.4. The molecule has 2 aliphatic rings. The zero-order valence-corrected chi connectivity index (χ0v) is 14.4. The number of nitrogens with zero attached hydrogens (tertiary/aromatic N) is 2. The number of anilines is 1. The minimum absolute atomic E-state index is 0.00219. The Labute approximate surface area is 145 Å². The smallest absolute Gasteiger partial charge is 0.244 e. The summed E-state index contributed by atoms with van der Waals surface area (Å²) in [7, 11) is 0. The summed E-state index contributed by atoms with van der Waals surface area (Å²) in [4.78, 5) is 15.4. The number of nitrogens with one attached hydrogen (secondary N) is 2. The van der Waals surface area contributed by atoms with Crippen LogP contribution in [-0.4, -0.2) is 35.2 Å². The third-order valence-electron chi connectivity index (χ3n) is 4.71. The van der Waals surface area contributed by atoms with Crippen molar-refractivity contribution < 1.29 is 4.79 Å². The van der Waals surface area contributed by atoms with E-state index < -0.39 is 0 Å². The van der Waals surface area contributed by atoms with Gasteiger partial charge >= 0.3 is 0 Å². The predicted molar refractivity (Wildman–Crippen MR) is 97.3 cm³/mol. The van der Waals surface area contributed by atoms with Crippen molar-refractivity contribution in [1.82, 2.24) is 15.5 Å². The van der Waals surface area contributed by atoms with Crippen molar-refractivity contribution in [2.24, 2.45) is 0 Å². The molecule has 1 aliphatic heterocycles. The van der Waals surface area contributed by atoms with Gasteiger partial charge in [-0.2, -0.15) is 5.10 Å². The molecule has 2 fully saturated rings. The second-order valence-electron chi connectivity index (χ2n) is 6.57. The average Bonchev–Trinajstić information content (AvgIpc) is 3.12. The van der Waals surface area contributed by atoms with Crippen LogP contribution >= 0.6 is 11.3 Å². The number of carbonyl (C=O) groups is 1. The third kappa shape index (κ3) is 3.70. The minimum atomic E-state index is -0.00219. The maximum atomic E-state index is 12.0. The first-order valence-corrected chi connectivity index (χ1v) is 9.48. The van der Waals surface area contributed by atoms with Gasteiger partial charge in [0.25, 0.3) is 0 Å². The molecule has 0 atom stereocenters. The largest absolute Gasteiger partial charge is 0.355 e. The molecule has 1 saturated heterocycles. The normalized spacial score (nSPS) is 19.1. The lowest BCUT2D eigenvalue weighted by atomic mass is 10.0. The van der Waals surface area contributed by atoms with E-state index in [9.17, 15) is 4.79 Å². The molecular weight excluding hydrogens is 320 g/mol. The topological polar surface area (TPSA) is 61.0 Å². The molecule has 2 aromatic heterocycles. The average molecular weight is 342 g/mol. The number of thiophene rings is 1. The number of hydrogen-bond donors (Lipinski definition) is 2. The summed E-state index contributed by atoms with van der Waals surface area (Å²) in [6, 6.07) is 6.44. The highest BCUT2D eigenvalue weighted by Crippen LogP contribution is 2.40. The predicted octanol–water partition coefficient (Wildman–Crippen LogP) is 3.15. The van der Waals surface area contributed by atoms with Crippen LogP contribution in [0.1, 0.15) is 42.2 Å². The summed E-state index contributed by atoms with van der Waals surface area (Å²) in [5.74, 6) is 1.76. The molecule has 0 radical (unpaired) electrons. The lowest BCUT2D eigenvalue weighted by Crippen LogP contribution is -2.44. The monoisotopic (exact) mass is 342 g/mol. The highest BCUT2D eigenvalue weighted by Gasteiger charge is 2.27. The molecule has 0 bridgehead atoms. The van der Waals surface area contributed by atoms with Gasteiger partial charge in [-0.05, 0) is 43.2 Å². The second-order valence-corrected chi connectivity index (χ2v) is 7.55. The lowest BCUT2D eigenvalue weighted by Gasteiger charge is -2.32. The van der Waals surface area contributed by atoms with Gasteiger partial charge < -0.3 is 10.2 Å². The van der Waals surface area contributed by atoms with Gasteiger partial charge in [0.1, 0.15) is 0 Å². The molecule has 0 spiro atoms.